The van der Waals surface area contributed by atoms with E-state index in [0.717, 1.165) is 52.9 Å². The van der Waals surface area contributed by atoms with Crippen LogP contribution in [0.2, 0.25) is 0 Å². The first kappa shape index (κ1) is 23.5. The summed E-state index contributed by atoms with van der Waals surface area (Å²) in [6, 6.07) is 18.9. The Labute approximate surface area is 209 Å². The van der Waals surface area contributed by atoms with Crippen LogP contribution in [0.4, 0.5) is 15.2 Å². The molecule has 2 aromatic carbocycles. The van der Waals surface area contributed by atoms with Gasteiger partial charge in [0.1, 0.15) is 17.3 Å². The number of fused-ring (bicyclic) bond motifs is 1. The van der Waals surface area contributed by atoms with Gasteiger partial charge in [-0.3, -0.25) is 4.90 Å². The van der Waals surface area contributed by atoms with E-state index in [2.05, 4.69) is 42.0 Å². The number of hydrogen-bond acceptors (Lipinski definition) is 6. The number of ether oxygens (including phenoxy) is 1. The maximum atomic E-state index is 14.1. The molecule has 4 aromatic rings. The van der Waals surface area contributed by atoms with Gasteiger partial charge in [-0.15, -0.1) is 11.3 Å². The van der Waals surface area contributed by atoms with E-state index in [9.17, 15) is 4.39 Å². The van der Waals surface area contributed by atoms with E-state index < -0.39 is 0 Å². The number of rotatable bonds is 6. The Hall–Kier alpha value is -3.29. The highest BCUT2D eigenvalue weighted by Crippen LogP contribution is 2.37. The lowest BCUT2D eigenvalue weighted by molar-refractivity contribution is 0.244. The molecule has 1 aliphatic heterocycles. The second-order valence-electron chi connectivity index (χ2n) is 9.77. The van der Waals surface area contributed by atoms with E-state index >= 15 is 0 Å². The zero-order valence-electron chi connectivity index (χ0n) is 20.2. The fourth-order valence-corrected chi connectivity index (χ4v) is 5.33. The molecule has 35 heavy (non-hydrogen) atoms. The van der Waals surface area contributed by atoms with Gasteiger partial charge in [0, 0.05) is 48.3 Å². The van der Waals surface area contributed by atoms with Crippen LogP contribution in [0.1, 0.15) is 42.5 Å². The molecule has 2 aromatic heterocycles. The Morgan fingerprint density at radius 1 is 1.06 bits per heavy atom. The fourth-order valence-electron chi connectivity index (χ4n) is 4.27. The molecule has 3 heterocycles. The molecule has 5 rings (SSSR count). The standard InChI is InChI=1S/C28H29FN4OS/c1-28(2,3)20-10-5-7-13-24(20)34-26-23(12-8-15-30-26)32-27-31-22-14-16-33(18-25(22)35-27)17-19-9-4-6-11-21(19)29/h4-13,15H,14,16-18H2,1-3H3,(H,31,32). The zero-order chi connectivity index (χ0) is 24.4. The third-order valence-electron chi connectivity index (χ3n) is 6.08. The molecule has 0 bridgehead atoms. The highest BCUT2D eigenvalue weighted by atomic mass is 32.1. The lowest BCUT2D eigenvalue weighted by atomic mass is 9.86. The van der Waals surface area contributed by atoms with Crippen LogP contribution in [0, 0.1) is 5.82 Å². The largest absolute Gasteiger partial charge is 0.437 e. The number of nitrogens with one attached hydrogen (secondary N) is 1. The average molecular weight is 489 g/mol. The molecule has 0 fully saturated rings. The van der Waals surface area contributed by atoms with Gasteiger partial charge in [0.2, 0.25) is 5.88 Å². The first-order valence-corrected chi connectivity index (χ1v) is 12.6. The molecular formula is C28H29FN4OS. The van der Waals surface area contributed by atoms with E-state index in [1.54, 1.807) is 23.6 Å². The molecule has 180 valence electrons. The third-order valence-corrected chi connectivity index (χ3v) is 7.07. The summed E-state index contributed by atoms with van der Waals surface area (Å²) in [7, 11) is 0. The topological polar surface area (TPSA) is 50.3 Å². The Morgan fingerprint density at radius 3 is 2.69 bits per heavy atom. The van der Waals surface area contributed by atoms with Gasteiger partial charge >= 0.3 is 0 Å². The van der Waals surface area contributed by atoms with E-state index in [4.69, 9.17) is 9.72 Å². The van der Waals surface area contributed by atoms with E-state index in [-0.39, 0.29) is 11.2 Å². The lowest BCUT2D eigenvalue weighted by Gasteiger charge is -2.25. The number of pyridine rings is 1. The predicted molar refractivity (Wildman–Crippen MR) is 139 cm³/mol. The van der Waals surface area contributed by atoms with Gasteiger partial charge in [0.25, 0.3) is 0 Å². The Bertz CT molecular complexity index is 1330. The quantitative estimate of drug-likeness (QED) is 0.315. The molecule has 0 saturated carbocycles. The summed E-state index contributed by atoms with van der Waals surface area (Å²) in [5.41, 5.74) is 3.67. The summed E-state index contributed by atoms with van der Waals surface area (Å²) in [6.45, 7) is 8.72. The van der Waals surface area contributed by atoms with Crippen LogP contribution in [0.5, 0.6) is 11.6 Å². The van der Waals surface area contributed by atoms with E-state index in [0.29, 0.717) is 12.4 Å². The first-order valence-electron chi connectivity index (χ1n) is 11.8. The summed E-state index contributed by atoms with van der Waals surface area (Å²) in [5, 5.41) is 4.23. The maximum absolute atomic E-state index is 14.1. The van der Waals surface area contributed by atoms with Gasteiger partial charge in [-0.05, 0) is 29.7 Å². The number of nitrogens with zero attached hydrogens (tertiary/aromatic N) is 3. The van der Waals surface area contributed by atoms with Gasteiger partial charge < -0.3 is 10.1 Å². The van der Waals surface area contributed by atoms with Crippen molar-refractivity contribution in [3.05, 3.63) is 94.4 Å². The van der Waals surface area contributed by atoms with Crippen molar-refractivity contribution < 1.29 is 9.13 Å². The molecule has 0 saturated heterocycles. The minimum atomic E-state index is -0.151. The second-order valence-corrected chi connectivity index (χ2v) is 10.9. The summed E-state index contributed by atoms with van der Waals surface area (Å²) in [4.78, 5) is 12.8. The molecule has 0 aliphatic carbocycles. The van der Waals surface area contributed by atoms with Gasteiger partial charge in [-0.2, -0.15) is 0 Å². The van der Waals surface area contributed by atoms with Crippen molar-refractivity contribution in [2.75, 3.05) is 11.9 Å². The predicted octanol–water partition coefficient (Wildman–Crippen LogP) is 7.07. The summed E-state index contributed by atoms with van der Waals surface area (Å²) in [5.74, 6) is 1.16. The minimum Gasteiger partial charge on any atom is -0.437 e. The lowest BCUT2D eigenvalue weighted by Crippen LogP contribution is -2.29. The summed E-state index contributed by atoms with van der Waals surface area (Å²) >= 11 is 1.63. The Kier molecular flexibility index (Phi) is 6.54. The fraction of sp³-hybridized carbons (Fsp3) is 0.286. The van der Waals surface area contributed by atoms with Crippen LogP contribution >= 0.6 is 11.3 Å². The van der Waals surface area contributed by atoms with Crippen molar-refractivity contribution in [1.82, 2.24) is 14.9 Å². The average Bonchev–Trinajstić information content (AvgIpc) is 3.23. The van der Waals surface area contributed by atoms with E-state index in [1.807, 2.05) is 42.5 Å². The Balaban J connectivity index is 1.33. The number of thiazole rings is 1. The molecule has 0 radical (unpaired) electrons. The van der Waals surface area contributed by atoms with Crippen LogP contribution in [0.25, 0.3) is 0 Å². The minimum absolute atomic E-state index is 0.0537. The smallest absolute Gasteiger partial charge is 0.243 e. The van der Waals surface area contributed by atoms with Crippen molar-refractivity contribution in [3.63, 3.8) is 0 Å². The number of aromatic nitrogens is 2. The van der Waals surface area contributed by atoms with Gasteiger partial charge in [0.05, 0.1) is 5.69 Å². The Morgan fingerprint density at radius 2 is 1.86 bits per heavy atom. The molecule has 0 spiro atoms. The van der Waals surface area contributed by atoms with Crippen LogP contribution in [-0.4, -0.2) is 21.4 Å². The summed E-state index contributed by atoms with van der Waals surface area (Å²) < 4.78 is 20.4. The molecule has 5 nitrogen and oxygen atoms in total. The molecule has 1 aliphatic rings. The van der Waals surface area contributed by atoms with Crippen LogP contribution in [-0.2, 0) is 24.9 Å². The number of anilines is 2. The number of halogens is 1. The molecule has 0 unspecified atom stereocenters. The molecule has 0 amide bonds. The highest BCUT2D eigenvalue weighted by molar-refractivity contribution is 7.15. The summed E-state index contributed by atoms with van der Waals surface area (Å²) in [6.07, 6.45) is 2.57. The number of benzene rings is 2. The normalized spacial score (nSPS) is 13.9. The van der Waals surface area contributed by atoms with E-state index in [1.165, 1.54) is 10.9 Å². The zero-order valence-corrected chi connectivity index (χ0v) is 21.0. The maximum Gasteiger partial charge on any atom is 0.243 e. The van der Waals surface area contributed by atoms with Gasteiger partial charge in [0.15, 0.2) is 5.13 Å². The first-order chi connectivity index (χ1) is 16.9. The number of para-hydroxylation sites is 1. The van der Waals surface area contributed by atoms with Gasteiger partial charge in [-0.25, -0.2) is 14.4 Å². The number of hydrogen-bond donors (Lipinski definition) is 1. The molecule has 0 atom stereocenters. The van der Waals surface area contributed by atoms with Crippen LogP contribution in [0.15, 0.2) is 66.9 Å². The highest BCUT2D eigenvalue weighted by Gasteiger charge is 2.23. The van der Waals surface area contributed by atoms with Gasteiger partial charge in [-0.1, -0.05) is 57.2 Å². The monoisotopic (exact) mass is 488 g/mol. The molecule has 7 heteroatoms. The van der Waals surface area contributed by atoms with Crippen molar-refractivity contribution in [1.29, 1.82) is 0 Å². The second kappa shape index (κ2) is 9.76. The SMILES string of the molecule is CC(C)(C)c1ccccc1Oc1ncccc1Nc1nc2c(s1)CN(Cc1ccccc1F)CC2. The molecule has 1 N–H and O–H groups in total. The molecular weight excluding hydrogens is 459 g/mol. The van der Waals surface area contributed by atoms with Crippen molar-refractivity contribution >= 4 is 22.2 Å². The van der Waals surface area contributed by atoms with Crippen molar-refractivity contribution in [2.24, 2.45) is 0 Å². The van der Waals surface area contributed by atoms with Crippen molar-refractivity contribution in [2.45, 2.75) is 45.7 Å². The third kappa shape index (κ3) is 5.36. The van der Waals surface area contributed by atoms with Crippen LogP contribution < -0.4 is 10.1 Å². The van der Waals surface area contributed by atoms with Crippen molar-refractivity contribution in [3.8, 4) is 11.6 Å². The van der Waals surface area contributed by atoms with Crippen LogP contribution in [0.3, 0.4) is 0 Å².